The molecule has 1 rings (SSSR count). The normalized spacial score (nSPS) is 12.5. The second-order valence-electron chi connectivity index (χ2n) is 3.52. The Bertz CT molecular complexity index is 349. The highest BCUT2D eigenvalue weighted by Crippen LogP contribution is 2.16. The van der Waals surface area contributed by atoms with Gasteiger partial charge < -0.3 is 20.5 Å². The van der Waals surface area contributed by atoms with E-state index in [2.05, 4.69) is 10.3 Å². The minimum Gasteiger partial charge on any atom is -0.382 e. The minimum atomic E-state index is -0.0150. The van der Waals surface area contributed by atoms with Crippen LogP contribution in [0.2, 0.25) is 5.02 Å². The lowest BCUT2D eigenvalue weighted by molar-refractivity contribution is 0.0365. The summed E-state index contributed by atoms with van der Waals surface area (Å²) in [7, 11) is 3.28. The lowest BCUT2D eigenvalue weighted by atomic mass is 10.3. The predicted molar refractivity (Wildman–Crippen MR) is 68.3 cm³/mol. The van der Waals surface area contributed by atoms with Crippen LogP contribution in [0.3, 0.4) is 0 Å². The molecule has 17 heavy (non-hydrogen) atoms. The van der Waals surface area contributed by atoms with Gasteiger partial charge in [-0.1, -0.05) is 11.6 Å². The van der Waals surface area contributed by atoms with Gasteiger partial charge in [0.25, 0.3) is 0 Å². The summed E-state index contributed by atoms with van der Waals surface area (Å²) < 4.78 is 10.2. The molecule has 96 valence electrons. The third-order valence-electron chi connectivity index (χ3n) is 2.31. The first-order valence-corrected chi connectivity index (χ1v) is 5.70. The number of aromatic nitrogens is 1. The first kappa shape index (κ1) is 14.2. The van der Waals surface area contributed by atoms with Crippen molar-refractivity contribution in [3.8, 4) is 0 Å². The van der Waals surface area contributed by atoms with Gasteiger partial charge in [-0.05, 0) is 12.1 Å². The Labute approximate surface area is 106 Å². The van der Waals surface area contributed by atoms with Crippen molar-refractivity contribution in [2.45, 2.75) is 12.6 Å². The number of nitrogens with one attached hydrogen (secondary N) is 1. The highest BCUT2D eigenvalue weighted by atomic mass is 35.5. The molecule has 1 unspecified atom stereocenters. The van der Waals surface area contributed by atoms with E-state index in [9.17, 15) is 0 Å². The summed E-state index contributed by atoms with van der Waals surface area (Å²) in [6, 6.07) is 3.58. The van der Waals surface area contributed by atoms with Gasteiger partial charge in [-0.25, -0.2) is 4.98 Å². The van der Waals surface area contributed by atoms with Crippen molar-refractivity contribution < 1.29 is 9.47 Å². The van der Waals surface area contributed by atoms with Gasteiger partial charge in [-0.15, -0.1) is 0 Å². The number of anilines is 1. The smallest absolute Gasteiger partial charge is 0.126 e. The first-order chi connectivity index (χ1) is 8.21. The lowest BCUT2D eigenvalue weighted by Crippen LogP contribution is -2.27. The molecule has 0 aromatic carbocycles. The summed E-state index contributed by atoms with van der Waals surface area (Å²) in [5.74, 6) is 0.730. The standard InChI is InChI=1S/C11H18ClN3O2/c1-16-7-8(17-2)6-14-11-4-3-9(12)10(5-13)15-11/h3-4,8H,5-7,13H2,1-2H3,(H,14,15). The molecule has 1 aromatic rings. The molecule has 1 heterocycles. The van der Waals surface area contributed by atoms with E-state index < -0.39 is 0 Å². The molecule has 0 fully saturated rings. The van der Waals surface area contributed by atoms with E-state index >= 15 is 0 Å². The van der Waals surface area contributed by atoms with Crippen LogP contribution in [0, 0.1) is 0 Å². The van der Waals surface area contributed by atoms with E-state index in [1.165, 1.54) is 0 Å². The molecule has 1 aromatic heterocycles. The van der Waals surface area contributed by atoms with Crippen molar-refractivity contribution in [3.63, 3.8) is 0 Å². The Morgan fingerprint density at radius 2 is 2.24 bits per heavy atom. The summed E-state index contributed by atoms with van der Waals surface area (Å²) in [5.41, 5.74) is 6.21. The molecule has 0 bridgehead atoms. The van der Waals surface area contributed by atoms with E-state index in [1.807, 2.05) is 0 Å². The largest absolute Gasteiger partial charge is 0.382 e. The van der Waals surface area contributed by atoms with Crippen LogP contribution in [0.1, 0.15) is 5.69 Å². The number of pyridine rings is 1. The monoisotopic (exact) mass is 259 g/mol. The number of hydrogen-bond acceptors (Lipinski definition) is 5. The van der Waals surface area contributed by atoms with Crippen molar-refractivity contribution >= 4 is 17.4 Å². The fraction of sp³-hybridized carbons (Fsp3) is 0.545. The fourth-order valence-corrected chi connectivity index (χ4v) is 1.52. The van der Waals surface area contributed by atoms with Crippen LogP contribution in [0.25, 0.3) is 0 Å². The first-order valence-electron chi connectivity index (χ1n) is 5.32. The Morgan fingerprint density at radius 1 is 1.47 bits per heavy atom. The third kappa shape index (κ3) is 4.47. The van der Waals surface area contributed by atoms with Crippen LogP contribution >= 0.6 is 11.6 Å². The molecule has 0 saturated heterocycles. The van der Waals surface area contributed by atoms with Gasteiger partial charge in [0.1, 0.15) is 5.82 Å². The number of ether oxygens (including phenoxy) is 2. The van der Waals surface area contributed by atoms with Gasteiger partial charge in [0, 0.05) is 27.3 Å². The second-order valence-corrected chi connectivity index (χ2v) is 3.93. The van der Waals surface area contributed by atoms with Gasteiger partial charge in [0.05, 0.1) is 23.4 Å². The minimum absolute atomic E-state index is 0.0150. The molecule has 0 amide bonds. The zero-order valence-electron chi connectivity index (χ0n) is 10.1. The highest BCUT2D eigenvalue weighted by molar-refractivity contribution is 6.31. The van der Waals surface area contributed by atoms with Crippen molar-refractivity contribution in [2.75, 3.05) is 32.7 Å². The quantitative estimate of drug-likeness (QED) is 0.772. The molecule has 6 heteroatoms. The van der Waals surface area contributed by atoms with E-state index in [0.29, 0.717) is 30.4 Å². The third-order valence-corrected chi connectivity index (χ3v) is 2.65. The van der Waals surface area contributed by atoms with Crippen molar-refractivity contribution in [1.82, 2.24) is 4.98 Å². The molecule has 0 spiro atoms. The Balaban J connectivity index is 2.56. The molecule has 0 saturated carbocycles. The number of nitrogens with zero attached hydrogens (tertiary/aromatic N) is 1. The van der Waals surface area contributed by atoms with Crippen molar-refractivity contribution in [2.24, 2.45) is 5.73 Å². The predicted octanol–water partition coefficient (Wildman–Crippen LogP) is 1.27. The average Bonchev–Trinajstić information content (AvgIpc) is 2.36. The van der Waals surface area contributed by atoms with Crippen LogP contribution in [0.4, 0.5) is 5.82 Å². The molecule has 3 N–H and O–H groups in total. The topological polar surface area (TPSA) is 69.4 Å². The highest BCUT2D eigenvalue weighted by Gasteiger charge is 2.07. The summed E-state index contributed by atoms with van der Waals surface area (Å²) in [6.07, 6.45) is -0.0150. The molecule has 5 nitrogen and oxygen atoms in total. The maximum atomic E-state index is 5.92. The SMILES string of the molecule is COCC(CNc1ccc(Cl)c(CN)n1)OC. The molecule has 0 radical (unpaired) electrons. The fourth-order valence-electron chi connectivity index (χ4n) is 1.34. The zero-order valence-corrected chi connectivity index (χ0v) is 10.8. The van der Waals surface area contributed by atoms with Crippen LogP contribution in [-0.2, 0) is 16.0 Å². The average molecular weight is 260 g/mol. The summed E-state index contributed by atoms with van der Waals surface area (Å²) in [6.45, 7) is 1.46. The summed E-state index contributed by atoms with van der Waals surface area (Å²) >= 11 is 5.92. The van der Waals surface area contributed by atoms with Crippen LogP contribution < -0.4 is 11.1 Å². The second kappa shape index (κ2) is 7.45. The van der Waals surface area contributed by atoms with Crippen LogP contribution in [-0.4, -0.2) is 38.5 Å². The number of halogens is 1. The van der Waals surface area contributed by atoms with E-state index in [4.69, 9.17) is 26.8 Å². The Morgan fingerprint density at radius 3 is 2.82 bits per heavy atom. The van der Waals surface area contributed by atoms with Gasteiger partial charge >= 0.3 is 0 Å². The summed E-state index contributed by atoms with van der Waals surface area (Å²) in [4.78, 5) is 4.29. The number of nitrogens with two attached hydrogens (primary N) is 1. The van der Waals surface area contributed by atoms with E-state index in [1.54, 1.807) is 26.4 Å². The number of rotatable bonds is 7. The molecular weight excluding hydrogens is 242 g/mol. The molecule has 1 atom stereocenters. The molecule has 0 aliphatic carbocycles. The maximum Gasteiger partial charge on any atom is 0.126 e. The number of hydrogen-bond donors (Lipinski definition) is 2. The maximum absolute atomic E-state index is 5.92. The Hall–Kier alpha value is -0.880. The van der Waals surface area contributed by atoms with E-state index in [0.717, 1.165) is 5.82 Å². The van der Waals surface area contributed by atoms with Crippen molar-refractivity contribution in [1.29, 1.82) is 0 Å². The van der Waals surface area contributed by atoms with Gasteiger partial charge in [-0.3, -0.25) is 0 Å². The van der Waals surface area contributed by atoms with E-state index in [-0.39, 0.29) is 6.10 Å². The van der Waals surface area contributed by atoms with Gasteiger partial charge in [0.15, 0.2) is 0 Å². The Kier molecular flexibility index (Phi) is 6.21. The summed E-state index contributed by atoms with van der Waals surface area (Å²) in [5, 5.41) is 3.73. The number of methoxy groups -OCH3 is 2. The molecular formula is C11H18ClN3O2. The van der Waals surface area contributed by atoms with Crippen LogP contribution in [0.5, 0.6) is 0 Å². The zero-order chi connectivity index (χ0) is 12.7. The molecule has 0 aliphatic rings. The van der Waals surface area contributed by atoms with Gasteiger partial charge in [-0.2, -0.15) is 0 Å². The van der Waals surface area contributed by atoms with Gasteiger partial charge in [0.2, 0.25) is 0 Å². The van der Waals surface area contributed by atoms with Crippen molar-refractivity contribution in [3.05, 3.63) is 22.8 Å². The molecule has 0 aliphatic heterocycles. The lowest BCUT2D eigenvalue weighted by Gasteiger charge is -2.15. The van der Waals surface area contributed by atoms with Crippen LogP contribution in [0.15, 0.2) is 12.1 Å².